The molecule has 3 N–H and O–H groups in total. The lowest BCUT2D eigenvalue weighted by Crippen LogP contribution is -2.03. The number of rotatable bonds is 3. The maximum Gasteiger partial charge on any atom is 0.111 e. The van der Waals surface area contributed by atoms with E-state index in [1.807, 2.05) is 19.1 Å². The number of aromatic amines is 1. The Morgan fingerprint density at radius 3 is 2.87 bits per heavy atom. The van der Waals surface area contributed by atoms with Crippen molar-refractivity contribution in [3.05, 3.63) is 29.6 Å². The first kappa shape index (κ1) is 9.79. The number of hydrogen-bond donors (Lipinski definition) is 2. The first-order chi connectivity index (χ1) is 7.31. The second-order valence-electron chi connectivity index (χ2n) is 3.37. The van der Waals surface area contributed by atoms with Gasteiger partial charge < -0.3 is 5.73 Å². The third kappa shape index (κ3) is 2.02. The molecule has 0 aliphatic heterocycles. The summed E-state index contributed by atoms with van der Waals surface area (Å²) in [7, 11) is 0. The van der Waals surface area contributed by atoms with E-state index in [1.54, 1.807) is 6.20 Å². The van der Waals surface area contributed by atoms with E-state index >= 15 is 0 Å². The standard InChI is InChI=1S/C10H13N5/c1-7-2-3-9(14-13-7)10-8(4-5-11)6-12-15-10/h2-3,6H,4-5,11H2,1H3,(H,12,15). The summed E-state index contributed by atoms with van der Waals surface area (Å²) >= 11 is 0. The van der Waals surface area contributed by atoms with Gasteiger partial charge in [-0.2, -0.15) is 10.2 Å². The van der Waals surface area contributed by atoms with Gasteiger partial charge in [0.15, 0.2) is 0 Å². The molecular weight excluding hydrogens is 190 g/mol. The number of H-pyrrole nitrogens is 1. The van der Waals surface area contributed by atoms with E-state index in [2.05, 4.69) is 20.4 Å². The van der Waals surface area contributed by atoms with Crippen LogP contribution in [0.3, 0.4) is 0 Å². The Morgan fingerprint density at radius 1 is 1.33 bits per heavy atom. The molecule has 2 heterocycles. The van der Waals surface area contributed by atoms with Crippen LogP contribution in [0, 0.1) is 6.92 Å². The molecule has 0 fully saturated rings. The second-order valence-corrected chi connectivity index (χ2v) is 3.37. The van der Waals surface area contributed by atoms with Crippen LogP contribution in [0.25, 0.3) is 11.4 Å². The summed E-state index contributed by atoms with van der Waals surface area (Å²) in [5.41, 5.74) is 9.21. The SMILES string of the molecule is Cc1ccc(-c2[nH]ncc2CCN)nn1. The van der Waals surface area contributed by atoms with Gasteiger partial charge in [0, 0.05) is 5.56 Å². The molecule has 78 valence electrons. The van der Waals surface area contributed by atoms with Gasteiger partial charge in [-0.15, -0.1) is 5.10 Å². The van der Waals surface area contributed by atoms with Crippen molar-refractivity contribution in [2.45, 2.75) is 13.3 Å². The molecule has 0 aromatic carbocycles. The molecular formula is C10H13N5. The predicted octanol–water partition coefficient (Wildman–Crippen LogP) is 0.676. The quantitative estimate of drug-likeness (QED) is 0.768. The topological polar surface area (TPSA) is 80.5 Å². The van der Waals surface area contributed by atoms with Gasteiger partial charge >= 0.3 is 0 Å². The second kappa shape index (κ2) is 4.18. The fraction of sp³-hybridized carbons (Fsp3) is 0.300. The fourth-order valence-corrected chi connectivity index (χ4v) is 1.41. The number of aryl methyl sites for hydroxylation is 1. The molecule has 2 rings (SSSR count). The first-order valence-electron chi connectivity index (χ1n) is 4.84. The minimum Gasteiger partial charge on any atom is -0.330 e. The Morgan fingerprint density at radius 2 is 2.20 bits per heavy atom. The number of nitrogens with two attached hydrogens (primary N) is 1. The van der Waals surface area contributed by atoms with E-state index in [1.165, 1.54) is 0 Å². The van der Waals surface area contributed by atoms with Crippen molar-refractivity contribution >= 4 is 0 Å². The van der Waals surface area contributed by atoms with Crippen LogP contribution in [0.4, 0.5) is 0 Å². The minimum absolute atomic E-state index is 0.603. The Balaban J connectivity index is 2.36. The smallest absolute Gasteiger partial charge is 0.111 e. The van der Waals surface area contributed by atoms with Crippen molar-refractivity contribution in [3.8, 4) is 11.4 Å². The molecule has 0 amide bonds. The van der Waals surface area contributed by atoms with Crippen LogP contribution in [-0.4, -0.2) is 26.9 Å². The molecule has 0 unspecified atom stereocenters. The molecule has 0 aliphatic carbocycles. The van der Waals surface area contributed by atoms with Crippen LogP contribution < -0.4 is 5.73 Å². The molecule has 15 heavy (non-hydrogen) atoms. The van der Waals surface area contributed by atoms with Crippen molar-refractivity contribution in [2.75, 3.05) is 6.54 Å². The van der Waals surface area contributed by atoms with E-state index in [0.29, 0.717) is 6.54 Å². The zero-order chi connectivity index (χ0) is 10.7. The Kier molecular flexibility index (Phi) is 2.73. The Labute approximate surface area is 87.7 Å². The Hall–Kier alpha value is -1.75. The summed E-state index contributed by atoms with van der Waals surface area (Å²) in [6, 6.07) is 3.85. The summed E-state index contributed by atoms with van der Waals surface area (Å²) < 4.78 is 0. The highest BCUT2D eigenvalue weighted by atomic mass is 15.1. The number of nitrogens with zero attached hydrogens (tertiary/aromatic N) is 3. The predicted molar refractivity (Wildman–Crippen MR) is 57.1 cm³/mol. The minimum atomic E-state index is 0.603. The third-order valence-electron chi connectivity index (χ3n) is 2.19. The van der Waals surface area contributed by atoms with E-state index in [9.17, 15) is 0 Å². The van der Waals surface area contributed by atoms with Crippen LogP contribution in [0.2, 0.25) is 0 Å². The van der Waals surface area contributed by atoms with Crippen LogP contribution >= 0.6 is 0 Å². The maximum absolute atomic E-state index is 5.51. The highest BCUT2D eigenvalue weighted by Gasteiger charge is 2.08. The van der Waals surface area contributed by atoms with Gasteiger partial charge in [0.05, 0.1) is 17.6 Å². The normalized spacial score (nSPS) is 10.5. The highest BCUT2D eigenvalue weighted by molar-refractivity contribution is 5.57. The summed E-state index contributed by atoms with van der Waals surface area (Å²) in [5, 5.41) is 15.0. The maximum atomic E-state index is 5.51. The lowest BCUT2D eigenvalue weighted by Gasteiger charge is -2.00. The van der Waals surface area contributed by atoms with Crippen LogP contribution in [0.5, 0.6) is 0 Å². The molecule has 5 nitrogen and oxygen atoms in total. The molecule has 0 saturated carbocycles. The Bertz CT molecular complexity index is 431. The molecule has 0 bridgehead atoms. The van der Waals surface area contributed by atoms with Crippen molar-refractivity contribution in [1.82, 2.24) is 20.4 Å². The van der Waals surface area contributed by atoms with E-state index in [-0.39, 0.29) is 0 Å². The molecule has 0 radical (unpaired) electrons. The van der Waals surface area contributed by atoms with Gasteiger partial charge in [-0.3, -0.25) is 5.10 Å². The lowest BCUT2D eigenvalue weighted by atomic mass is 10.1. The molecule has 0 saturated heterocycles. The average Bonchev–Trinajstić information content (AvgIpc) is 2.68. The lowest BCUT2D eigenvalue weighted by molar-refractivity contribution is 0.954. The number of nitrogens with one attached hydrogen (secondary N) is 1. The monoisotopic (exact) mass is 203 g/mol. The first-order valence-corrected chi connectivity index (χ1v) is 4.84. The van der Waals surface area contributed by atoms with Crippen LogP contribution in [0.15, 0.2) is 18.3 Å². The molecule has 2 aromatic rings. The van der Waals surface area contributed by atoms with Crippen LogP contribution in [-0.2, 0) is 6.42 Å². The van der Waals surface area contributed by atoms with Gasteiger partial charge in [0.1, 0.15) is 5.69 Å². The molecule has 5 heteroatoms. The zero-order valence-electron chi connectivity index (χ0n) is 8.57. The molecule has 0 spiro atoms. The van der Waals surface area contributed by atoms with E-state index in [4.69, 9.17) is 5.73 Å². The summed E-state index contributed by atoms with van der Waals surface area (Å²) in [4.78, 5) is 0. The van der Waals surface area contributed by atoms with Gasteiger partial charge in [-0.1, -0.05) is 0 Å². The number of aromatic nitrogens is 4. The van der Waals surface area contributed by atoms with Crippen molar-refractivity contribution in [3.63, 3.8) is 0 Å². The highest BCUT2D eigenvalue weighted by Crippen LogP contribution is 2.18. The largest absolute Gasteiger partial charge is 0.330 e. The van der Waals surface area contributed by atoms with Crippen molar-refractivity contribution in [1.29, 1.82) is 0 Å². The molecule has 2 aromatic heterocycles. The van der Waals surface area contributed by atoms with Gasteiger partial charge in [-0.05, 0) is 32.0 Å². The van der Waals surface area contributed by atoms with E-state index < -0.39 is 0 Å². The molecule has 0 aliphatic rings. The fourth-order valence-electron chi connectivity index (χ4n) is 1.41. The molecule has 0 atom stereocenters. The van der Waals surface area contributed by atoms with Crippen molar-refractivity contribution < 1.29 is 0 Å². The average molecular weight is 203 g/mol. The van der Waals surface area contributed by atoms with Gasteiger partial charge in [0.2, 0.25) is 0 Å². The van der Waals surface area contributed by atoms with Gasteiger partial charge in [0.25, 0.3) is 0 Å². The number of hydrogen-bond acceptors (Lipinski definition) is 4. The van der Waals surface area contributed by atoms with E-state index in [0.717, 1.165) is 29.1 Å². The summed E-state index contributed by atoms with van der Waals surface area (Å²) in [6.07, 6.45) is 2.57. The summed E-state index contributed by atoms with van der Waals surface area (Å²) in [5.74, 6) is 0. The summed E-state index contributed by atoms with van der Waals surface area (Å²) in [6.45, 7) is 2.51. The third-order valence-corrected chi connectivity index (χ3v) is 2.19. The zero-order valence-corrected chi connectivity index (χ0v) is 8.57. The van der Waals surface area contributed by atoms with Crippen molar-refractivity contribution in [2.24, 2.45) is 5.73 Å². The van der Waals surface area contributed by atoms with Crippen LogP contribution in [0.1, 0.15) is 11.3 Å². The van der Waals surface area contributed by atoms with Gasteiger partial charge in [-0.25, -0.2) is 0 Å².